The number of hydrogen-bond acceptors (Lipinski definition) is 5. The van der Waals surface area contributed by atoms with E-state index in [1.54, 1.807) is 20.8 Å². The molecule has 0 aromatic carbocycles. The number of esters is 1. The monoisotopic (exact) mass is 330 g/mol. The maximum atomic E-state index is 12.2. The van der Waals surface area contributed by atoms with Crippen molar-refractivity contribution >= 4 is 23.8 Å². The van der Waals surface area contributed by atoms with Gasteiger partial charge in [-0.2, -0.15) is 0 Å². The van der Waals surface area contributed by atoms with E-state index in [0.717, 1.165) is 0 Å². The van der Waals surface area contributed by atoms with E-state index in [-0.39, 0.29) is 24.9 Å². The number of carboxylic acid groups (broad SMARTS) is 1. The van der Waals surface area contributed by atoms with Crippen molar-refractivity contribution < 1.29 is 29.0 Å². The predicted octanol–water partition coefficient (Wildman–Crippen LogP) is 0.306. The number of carboxylic acids is 1. The molecule has 0 aliphatic carbocycles. The van der Waals surface area contributed by atoms with Crippen LogP contribution in [-0.4, -0.2) is 47.6 Å². The standard InChI is InChI=1S/C15H26N2O6/c1-6-23-15(22)9(4)7-11(14(20)21)17-13(19)12(8(2)3)16-10(5)18/h8-9,11-12H,6-7H2,1-5H3,(H,16,18)(H,17,19)(H,20,21)/t9-,11+,12-/m1/s1. The van der Waals surface area contributed by atoms with E-state index in [9.17, 15) is 24.3 Å². The average Bonchev–Trinajstić information content (AvgIpc) is 2.43. The summed E-state index contributed by atoms with van der Waals surface area (Å²) in [4.78, 5) is 46.3. The molecule has 0 fully saturated rings. The SMILES string of the molecule is CCOC(=O)[C@H](C)C[C@H](NC(=O)[C@H](NC(C)=O)C(C)C)C(=O)O. The first-order valence-electron chi connectivity index (χ1n) is 7.57. The molecule has 0 aromatic heterocycles. The number of hydrogen-bond donors (Lipinski definition) is 3. The third-order valence-corrected chi connectivity index (χ3v) is 3.20. The van der Waals surface area contributed by atoms with Gasteiger partial charge in [-0.15, -0.1) is 0 Å². The highest BCUT2D eigenvalue weighted by Gasteiger charge is 2.30. The minimum absolute atomic E-state index is 0.0925. The minimum Gasteiger partial charge on any atom is -0.480 e. The lowest BCUT2D eigenvalue weighted by atomic mass is 9.99. The van der Waals surface area contributed by atoms with Crippen LogP contribution < -0.4 is 10.6 Å². The first kappa shape index (κ1) is 20.9. The molecule has 0 aliphatic rings. The molecule has 23 heavy (non-hydrogen) atoms. The van der Waals surface area contributed by atoms with Crippen LogP contribution in [0, 0.1) is 11.8 Å². The van der Waals surface area contributed by atoms with Crippen LogP contribution in [0.2, 0.25) is 0 Å². The fourth-order valence-electron chi connectivity index (χ4n) is 1.97. The molecule has 2 amide bonds. The second kappa shape index (κ2) is 9.81. The van der Waals surface area contributed by atoms with E-state index in [1.807, 2.05) is 0 Å². The van der Waals surface area contributed by atoms with Crippen molar-refractivity contribution in [1.82, 2.24) is 10.6 Å². The van der Waals surface area contributed by atoms with E-state index < -0.39 is 35.8 Å². The lowest BCUT2D eigenvalue weighted by molar-refractivity contribution is -0.149. The average molecular weight is 330 g/mol. The summed E-state index contributed by atoms with van der Waals surface area (Å²) in [6.07, 6.45) is -0.0925. The number of rotatable bonds is 9. The minimum atomic E-state index is -1.25. The molecule has 0 bridgehead atoms. The fraction of sp³-hybridized carbons (Fsp3) is 0.733. The Balaban J connectivity index is 4.91. The first-order chi connectivity index (χ1) is 10.6. The Kier molecular flexibility index (Phi) is 8.90. The number of carbonyl (C=O) groups excluding carboxylic acids is 3. The van der Waals surface area contributed by atoms with Crippen molar-refractivity contribution in [2.24, 2.45) is 11.8 Å². The highest BCUT2D eigenvalue weighted by atomic mass is 16.5. The molecule has 0 radical (unpaired) electrons. The molecular weight excluding hydrogens is 304 g/mol. The quantitative estimate of drug-likeness (QED) is 0.523. The Bertz CT molecular complexity index is 449. The first-order valence-corrected chi connectivity index (χ1v) is 7.57. The Morgan fingerprint density at radius 3 is 2.04 bits per heavy atom. The van der Waals surface area contributed by atoms with Crippen LogP contribution in [0.5, 0.6) is 0 Å². The smallest absolute Gasteiger partial charge is 0.326 e. The highest BCUT2D eigenvalue weighted by molar-refractivity contribution is 5.90. The van der Waals surface area contributed by atoms with Crippen LogP contribution in [-0.2, 0) is 23.9 Å². The molecule has 132 valence electrons. The van der Waals surface area contributed by atoms with Gasteiger partial charge in [0.1, 0.15) is 12.1 Å². The Morgan fingerprint density at radius 1 is 1.09 bits per heavy atom. The fourth-order valence-corrected chi connectivity index (χ4v) is 1.97. The molecule has 0 saturated carbocycles. The molecule has 0 unspecified atom stereocenters. The molecule has 0 aromatic rings. The molecule has 0 saturated heterocycles. The van der Waals surface area contributed by atoms with Crippen LogP contribution in [0.15, 0.2) is 0 Å². The van der Waals surface area contributed by atoms with Gasteiger partial charge in [0.05, 0.1) is 12.5 Å². The zero-order valence-corrected chi connectivity index (χ0v) is 14.2. The maximum absolute atomic E-state index is 12.2. The Labute approximate surface area is 136 Å². The van der Waals surface area contributed by atoms with Gasteiger partial charge in [-0.25, -0.2) is 4.79 Å². The van der Waals surface area contributed by atoms with Crippen molar-refractivity contribution in [3.05, 3.63) is 0 Å². The topological polar surface area (TPSA) is 122 Å². The highest BCUT2D eigenvalue weighted by Crippen LogP contribution is 2.10. The molecular formula is C15H26N2O6. The van der Waals surface area contributed by atoms with Gasteiger partial charge in [-0.05, 0) is 19.3 Å². The summed E-state index contributed by atoms with van der Waals surface area (Å²) in [5.41, 5.74) is 0. The lowest BCUT2D eigenvalue weighted by Crippen LogP contribution is -2.53. The van der Waals surface area contributed by atoms with Crippen molar-refractivity contribution in [2.45, 2.75) is 53.1 Å². The van der Waals surface area contributed by atoms with Gasteiger partial charge in [-0.3, -0.25) is 14.4 Å². The van der Waals surface area contributed by atoms with E-state index in [2.05, 4.69) is 10.6 Å². The van der Waals surface area contributed by atoms with Crippen LogP contribution in [0.4, 0.5) is 0 Å². The number of nitrogens with one attached hydrogen (secondary N) is 2. The molecule has 8 nitrogen and oxygen atoms in total. The summed E-state index contributed by atoms with van der Waals surface area (Å²) in [5.74, 6) is -3.63. The van der Waals surface area contributed by atoms with Crippen LogP contribution in [0.3, 0.4) is 0 Å². The van der Waals surface area contributed by atoms with Crippen LogP contribution >= 0.6 is 0 Å². The maximum Gasteiger partial charge on any atom is 0.326 e. The summed E-state index contributed by atoms with van der Waals surface area (Å²) in [6.45, 7) is 8.13. The van der Waals surface area contributed by atoms with Crippen molar-refractivity contribution in [3.8, 4) is 0 Å². The lowest BCUT2D eigenvalue weighted by Gasteiger charge is -2.24. The summed E-state index contributed by atoms with van der Waals surface area (Å²) in [7, 11) is 0. The normalized spacial score (nSPS) is 14.5. The van der Waals surface area contributed by atoms with Crippen molar-refractivity contribution in [3.63, 3.8) is 0 Å². The number of aliphatic carboxylic acids is 1. The van der Waals surface area contributed by atoms with E-state index in [4.69, 9.17) is 4.74 Å². The summed E-state index contributed by atoms with van der Waals surface area (Å²) in [5, 5.41) is 14.1. The van der Waals surface area contributed by atoms with E-state index in [0.29, 0.717) is 0 Å². The van der Waals surface area contributed by atoms with Crippen molar-refractivity contribution in [1.29, 1.82) is 0 Å². The zero-order chi connectivity index (χ0) is 18.2. The largest absolute Gasteiger partial charge is 0.480 e. The second-order valence-electron chi connectivity index (χ2n) is 5.71. The molecule has 0 aliphatic heterocycles. The Morgan fingerprint density at radius 2 is 1.65 bits per heavy atom. The third kappa shape index (κ3) is 7.62. The summed E-state index contributed by atoms with van der Waals surface area (Å²) in [6, 6.07) is -2.08. The van der Waals surface area contributed by atoms with Crippen LogP contribution in [0.25, 0.3) is 0 Å². The van der Waals surface area contributed by atoms with Crippen LogP contribution in [0.1, 0.15) is 41.0 Å². The summed E-state index contributed by atoms with van der Waals surface area (Å²) < 4.78 is 4.83. The molecule has 3 atom stereocenters. The van der Waals surface area contributed by atoms with Gasteiger partial charge in [0.2, 0.25) is 11.8 Å². The second-order valence-corrected chi connectivity index (χ2v) is 5.71. The molecule has 8 heteroatoms. The van der Waals surface area contributed by atoms with Crippen molar-refractivity contribution in [2.75, 3.05) is 6.61 Å². The molecule has 0 rings (SSSR count). The van der Waals surface area contributed by atoms with Gasteiger partial charge in [-0.1, -0.05) is 20.8 Å². The number of carbonyl (C=O) groups is 4. The number of amides is 2. The molecule has 0 spiro atoms. The van der Waals surface area contributed by atoms with E-state index >= 15 is 0 Å². The predicted molar refractivity (Wildman–Crippen MR) is 82.4 cm³/mol. The zero-order valence-electron chi connectivity index (χ0n) is 14.2. The summed E-state index contributed by atoms with van der Waals surface area (Å²) >= 11 is 0. The van der Waals surface area contributed by atoms with E-state index in [1.165, 1.54) is 13.8 Å². The van der Waals surface area contributed by atoms with Gasteiger partial charge in [0.15, 0.2) is 0 Å². The van der Waals surface area contributed by atoms with Gasteiger partial charge in [0, 0.05) is 6.92 Å². The molecule has 0 heterocycles. The third-order valence-electron chi connectivity index (χ3n) is 3.20. The van der Waals surface area contributed by atoms with Gasteiger partial charge in [0.25, 0.3) is 0 Å². The van der Waals surface area contributed by atoms with Gasteiger partial charge >= 0.3 is 11.9 Å². The Hall–Kier alpha value is -2.12. The molecule has 3 N–H and O–H groups in total. The number of ether oxygens (including phenoxy) is 1. The van der Waals surface area contributed by atoms with Gasteiger partial charge < -0.3 is 20.5 Å².